The van der Waals surface area contributed by atoms with Crippen LogP contribution < -0.4 is 0 Å². The van der Waals surface area contributed by atoms with Gasteiger partial charge in [-0.15, -0.1) is 0 Å². The van der Waals surface area contributed by atoms with Crippen molar-refractivity contribution in [2.75, 3.05) is 0 Å². The summed E-state index contributed by atoms with van der Waals surface area (Å²) in [5.74, 6) is -0.322. The minimum Gasteiger partial charge on any atom is -0.268 e. The maximum atomic E-state index is 12.9. The summed E-state index contributed by atoms with van der Waals surface area (Å²) in [6.45, 7) is 0.992. The quantitative estimate of drug-likeness (QED) is 0.677. The van der Waals surface area contributed by atoms with Crippen molar-refractivity contribution in [3.05, 3.63) is 58.6 Å². The van der Waals surface area contributed by atoms with Gasteiger partial charge in [0.2, 0.25) is 0 Å². The standard InChI is InChI=1S/C17H13BrFN3/c18-16-15-2-1-9-22(15)21-17(16)12-5-3-11(4-6-12)14-8-7-13(19)10-20-14/h3-8,10H,1-2,9H2. The molecule has 2 aromatic heterocycles. The van der Waals surface area contributed by atoms with Crippen molar-refractivity contribution >= 4 is 15.9 Å². The van der Waals surface area contributed by atoms with Crippen molar-refractivity contribution in [3.63, 3.8) is 0 Å². The van der Waals surface area contributed by atoms with Crippen LogP contribution in [0.5, 0.6) is 0 Å². The minimum absolute atomic E-state index is 0.322. The number of halogens is 2. The topological polar surface area (TPSA) is 30.7 Å². The number of rotatable bonds is 2. The first-order valence-corrected chi connectivity index (χ1v) is 7.99. The molecule has 0 radical (unpaired) electrons. The molecule has 0 saturated heterocycles. The van der Waals surface area contributed by atoms with Gasteiger partial charge in [-0.2, -0.15) is 5.10 Å². The molecule has 1 aliphatic heterocycles. The van der Waals surface area contributed by atoms with Crippen LogP contribution in [0.25, 0.3) is 22.5 Å². The summed E-state index contributed by atoms with van der Waals surface area (Å²) in [7, 11) is 0. The second-order valence-electron chi connectivity index (χ2n) is 5.37. The first-order chi connectivity index (χ1) is 10.7. The van der Waals surface area contributed by atoms with Gasteiger partial charge in [-0.05, 0) is 40.9 Å². The molecule has 0 spiro atoms. The fourth-order valence-electron chi connectivity index (χ4n) is 2.82. The summed E-state index contributed by atoms with van der Waals surface area (Å²) >= 11 is 3.67. The number of pyridine rings is 1. The molecule has 0 N–H and O–H groups in total. The lowest BCUT2D eigenvalue weighted by molar-refractivity contribution is 0.622. The van der Waals surface area contributed by atoms with Crippen LogP contribution in [0.4, 0.5) is 4.39 Å². The van der Waals surface area contributed by atoms with Crippen LogP contribution in [0.2, 0.25) is 0 Å². The molecule has 3 aromatic rings. The second kappa shape index (κ2) is 5.32. The summed E-state index contributed by atoms with van der Waals surface area (Å²) in [6.07, 6.45) is 3.47. The van der Waals surface area contributed by atoms with Crippen molar-refractivity contribution in [1.82, 2.24) is 14.8 Å². The molecule has 0 bridgehead atoms. The maximum absolute atomic E-state index is 12.9. The summed E-state index contributed by atoms with van der Waals surface area (Å²) in [5, 5.41) is 4.68. The van der Waals surface area contributed by atoms with Crippen LogP contribution in [0, 0.1) is 5.82 Å². The Bertz CT molecular complexity index is 822. The van der Waals surface area contributed by atoms with Crippen LogP contribution in [0.3, 0.4) is 0 Å². The van der Waals surface area contributed by atoms with E-state index in [4.69, 9.17) is 0 Å². The van der Waals surface area contributed by atoms with Crippen LogP contribution in [-0.2, 0) is 13.0 Å². The third-order valence-corrected chi connectivity index (χ3v) is 4.79. The average Bonchev–Trinajstić information content (AvgIpc) is 3.12. The molecular weight excluding hydrogens is 345 g/mol. The highest BCUT2D eigenvalue weighted by molar-refractivity contribution is 9.10. The van der Waals surface area contributed by atoms with Crippen molar-refractivity contribution < 1.29 is 4.39 Å². The monoisotopic (exact) mass is 357 g/mol. The lowest BCUT2D eigenvalue weighted by Gasteiger charge is -2.03. The highest BCUT2D eigenvalue weighted by Gasteiger charge is 2.20. The van der Waals surface area contributed by atoms with E-state index in [-0.39, 0.29) is 5.82 Å². The molecule has 0 saturated carbocycles. The Morgan fingerprint density at radius 1 is 1.05 bits per heavy atom. The van der Waals surface area contributed by atoms with Crippen LogP contribution in [-0.4, -0.2) is 14.8 Å². The molecule has 5 heteroatoms. The van der Waals surface area contributed by atoms with E-state index in [0.29, 0.717) is 0 Å². The number of benzene rings is 1. The number of nitrogens with zero attached hydrogens (tertiary/aromatic N) is 3. The van der Waals surface area contributed by atoms with Gasteiger partial charge in [0.15, 0.2) is 0 Å². The van der Waals surface area contributed by atoms with E-state index in [1.807, 2.05) is 24.3 Å². The summed E-state index contributed by atoms with van der Waals surface area (Å²) in [5.41, 5.74) is 5.05. The van der Waals surface area contributed by atoms with E-state index < -0.39 is 0 Å². The Labute approximate surface area is 135 Å². The normalized spacial score (nSPS) is 13.4. The highest BCUT2D eigenvalue weighted by Crippen LogP contribution is 2.34. The number of fused-ring (bicyclic) bond motifs is 1. The lowest BCUT2D eigenvalue weighted by Crippen LogP contribution is -1.94. The van der Waals surface area contributed by atoms with Crippen molar-refractivity contribution in [3.8, 4) is 22.5 Å². The van der Waals surface area contributed by atoms with Gasteiger partial charge in [-0.25, -0.2) is 4.39 Å². The Hall–Kier alpha value is -2.01. The molecule has 0 fully saturated rings. The van der Waals surface area contributed by atoms with Gasteiger partial charge in [0.1, 0.15) is 11.5 Å². The maximum Gasteiger partial charge on any atom is 0.141 e. The largest absolute Gasteiger partial charge is 0.268 e. The van der Waals surface area contributed by atoms with Gasteiger partial charge in [0.05, 0.1) is 22.1 Å². The van der Waals surface area contributed by atoms with Gasteiger partial charge < -0.3 is 0 Å². The molecule has 0 atom stereocenters. The van der Waals surface area contributed by atoms with Crippen LogP contribution >= 0.6 is 15.9 Å². The van der Waals surface area contributed by atoms with Gasteiger partial charge in [0.25, 0.3) is 0 Å². The minimum atomic E-state index is -0.322. The fourth-order valence-corrected chi connectivity index (χ4v) is 3.54. The molecule has 22 heavy (non-hydrogen) atoms. The van der Waals surface area contributed by atoms with E-state index in [1.165, 1.54) is 18.0 Å². The smallest absolute Gasteiger partial charge is 0.141 e. The number of aromatic nitrogens is 3. The zero-order chi connectivity index (χ0) is 15.1. The predicted octanol–water partition coefficient (Wildman–Crippen LogP) is 4.46. The predicted molar refractivity (Wildman–Crippen MR) is 86.9 cm³/mol. The second-order valence-corrected chi connectivity index (χ2v) is 6.17. The molecule has 3 nitrogen and oxygen atoms in total. The molecule has 110 valence electrons. The van der Waals surface area contributed by atoms with E-state index in [1.54, 1.807) is 6.07 Å². The molecule has 0 unspecified atom stereocenters. The first-order valence-electron chi connectivity index (χ1n) is 7.20. The van der Waals surface area contributed by atoms with Crippen molar-refractivity contribution in [1.29, 1.82) is 0 Å². The number of hydrogen-bond acceptors (Lipinski definition) is 2. The molecule has 4 rings (SSSR count). The highest BCUT2D eigenvalue weighted by atomic mass is 79.9. The first kappa shape index (κ1) is 13.6. The van der Waals surface area contributed by atoms with E-state index in [2.05, 4.69) is 30.7 Å². The lowest BCUT2D eigenvalue weighted by atomic mass is 10.1. The van der Waals surface area contributed by atoms with Crippen molar-refractivity contribution in [2.24, 2.45) is 0 Å². The summed E-state index contributed by atoms with van der Waals surface area (Å²) < 4.78 is 16.1. The van der Waals surface area contributed by atoms with Crippen molar-refractivity contribution in [2.45, 2.75) is 19.4 Å². The van der Waals surface area contributed by atoms with E-state index >= 15 is 0 Å². The Kier molecular flexibility index (Phi) is 3.30. The van der Waals surface area contributed by atoms with E-state index in [0.717, 1.165) is 46.4 Å². The Balaban J connectivity index is 1.69. The molecule has 0 aliphatic carbocycles. The van der Waals surface area contributed by atoms with Gasteiger partial charge in [-0.1, -0.05) is 24.3 Å². The molecule has 1 aliphatic rings. The zero-order valence-electron chi connectivity index (χ0n) is 11.8. The van der Waals surface area contributed by atoms with Crippen LogP contribution in [0.1, 0.15) is 12.1 Å². The van der Waals surface area contributed by atoms with Gasteiger partial charge >= 0.3 is 0 Å². The van der Waals surface area contributed by atoms with Gasteiger partial charge in [-0.3, -0.25) is 9.67 Å². The average molecular weight is 358 g/mol. The third-order valence-electron chi connectivity index (χ3n) is 3.96. The fraction of sp³-hybridized carbons (Fsp3) is 0.176. The molecule has 0 amide bonds. The van der Waals surface area contributed by atoms with E-state index in [9.17, 15) is 4.39 Å². The Morgan fingerprint density at radius 3 is 2.50 bits per heavy atom. The summed E-state index contributed by atoms with van der Waals surface area (Å²) in [4.78, 5) is 4.11. The number of aryl methyl sites for hydroxylation is 1. The summed E-state index contributed by atoms with van der Waals surface area (Å²) in [6, 6.07) is 11.2. The molecular formula is C17H13BrFN3. The molecule has 3 heterocycles. The third kappa shape index (κ3) is 2.25. The molecule has 1 aromatic carbocycles. The van der Waals surface area contributed by atoms with Crippen LogP contribution in [0.15, 0.2) is 47.1 Å². The Morgan fingerprint density at radius 2 is 1.82 bits per heavy atom. The SMILES string of the molecule is Fc1ccc(-c2ccc(-c3nn4c(c3Br)CCC4)cc2)nc1. The number of hydrogen-bond donors (Lipinski definition) is 0. The zero-order valence-corrected chi connectivity index (χ0v) is 13.3. The van der Waals surface area contributed by atoms with Gasteiger partial charge in [0, 0.05) is 17.7 Å².